The molecule has 0 spiro atoms. The highest BCUT2D eigenvalue weighted by Gasteiger charge is 2.27. The molecule has 0 radical (unpaired) electrons. The van der Waals surface area contributed by atoms with E-state index in [4.69, 9.17) is 25.6 Å². The van der Waals surface area contributed by atoms with Crippen molar-refractivity contribution >= 4 is 22.1 Å². The second-order valence-electron chi connectivity index (χ2n) is 3.64. The Morgan fingerprint density at radius 3 is 1.79 bits per heavy atom. The molecule has 0 aromatic carbocycles. The number of carboxylic acid groups (broad SMARTS) is 2. The fourth-order valence-electron chi connectivity index (χ4n) is 0.892. The summed E-state index contributed by atoms with van der Waals surface area (Å²) in [6.45, 7) is 1.25. The average Bonchev–Trinajstić information content (AvgIpc) is 2.23. The lowest BCUT2D eigenvalue weighted by molar-refractivity contribution is -0.155. The van der Waals surface area contributed by atoms with Gasteiger partial charge in [0.1, 0.15) is 0 Å². The van der Waals surface area contributed by atoms with Crippen molar-refractivity contribution in [1.82, 2.24) is 0 Å². The Bertz CT molecular complexity index is 366. The van der Waals surface area contributed by atoms with Crippen molar-refractivity contribution in [2.45, 2.75) is 25.8 Å². The van der Waals surface area contributed by atoms with E-state index < -0.39 is 40.3 Å². The van der Waals surface area contributed by atoms with Crippen LogP contribution in [0.1, 0.15) is 19.8 Å². The van der Waals surface area contributed by atoms with Crippen LogP contribution >= 0.6 is 0 Å². The molecular formula is C9H19NO8S. The van der Waals surface area contributed by atoms with Gasteiger partial charge in [-0.3, -0.25) is 14.1 Å². The third-order valence-electron chi connectivity index (χ3n) is 2.01. The lowest BCUT2D eigenvalue weighted by atomic mass is 9.99. The van der Waals surface area contributed by atoms with E-state index in [1.165, 1.54) is 0 Å². The van der Waals surface area contributed by atoms with Crippen LogP contribution in [0, 0.1) is 5.92 Å². The van der Waals surface area contributed by atoms with Gasteiger partial charge in [-0.15, -0.1) is 0 Å². The molecule has 0 aromatic rings. The first kappa shape index (κ1) is 20.1. The smallest absolute Gasteiger partial charge is 0.317 e. The summed E-state index contributed by atoms with van der Waals surface area (Å²) in [7, 11) is -3.92. The number of rotatable bonds is 7. The molecule has 0 saturated heterocycles. The molecule has 0 amide bonds. The SMILES string of the molecule is CCC(N)CC(C(=O)O)C(=O)O.O=S(=O)(O)CCO. The third-order valence-corrected chi connectivity index (χ3v) is 2.71. The Morgan fingerprint density at radius 1 is 1.21 bits per heavy atom. The van der Waals surface area contributed by atoms with E-state index in [2.05, 4.69) is 0 Å². The number of carboxylic acids is 2. The minimum absolute atomic E-state index is 0.0127. The third kappa shape index (κ3) is 13.0. The van der Waals surface area contributed by atoms with Crippen LogP contribution in [0.25, 0.3) is 0 Å². The van der Waals surface area contributed by atoms with Gasteiger partial charge in [-0.25, -0.2) is 0 Å². The minimum atomic E-state index is -3.92. The maximum Gasteiger partial charge on any atom is 0.317 e. The van der Waals surface area contributed by atoms with Gasteiger partial charge in [0.25, 0.3) is 10.1 Å². The van der Waals surface area contributed by atoms with Gasteiger partial charge in [-0.1, -0.05) is 6.92 Å². The zero-order valence-electron chi connectivity index (χ0n) is 10.4. The molecule has 114 valence electrons. The van der Waals surface area contributed by atoms with Crippen molar-refractivity contribution in [1.29, 1.82) is 0 Å². The predicted molar refractivity (Wildman–Crippen MR) is 65.1 cm³/mol. The molecule has 0 heterocycles. The van der Waals surface area contributed by atoms with E-state index in [0.29, 0.717) is 6.42 Å². The number of hydrogen-bond acceptors (Lipinski definition) is 6. The van der Waals surface area contributed by atoms with Crippen LogP contribution in [0.3, 0.4) is 0 Å². The number of aliphatic hydroxyl groups is 1. The standard InChI is InChI=1S/C7H13NO4.C2H6O4S/c1-2-4(8)3-5(6(9)10)7(11)12;3-1-2-7(4,5)6/h4-5H,2-3,8H2,1H3,(H,9,10)(H,11,12);3H,1-2H2,(H,4,5,6). The molecule has 0 aliphatic carbocycles. The van der Waals surface area contributed by atoms with E-state index in [-0.39, 0.29) is 12.5 Å². The molecule has 19 heavy (non-hydrogen) atoms. The number of aliphatic hydroxyl groups excluding tert-OH is 1. The summed E-state index contributed by atoms with van der Waals surface area (Å²) in [6.07, 6.45) is 0.568. The highest BCUT2D eigenvalue weighted by Crippen LogP contribution is 2.08. The lowest BCUT2D eigenvalue weighted by Gasteiger charge is -2.11. The Balaban J connectivity index is 0. The van der Waals surface area contributed by atoms with Gasteiger partial charge < -0.3 is 21.1 Å². The Morgan fingerprint density at radius 2 is 1.63 bits per heavy atom. The maximum atomic E-state index is 10.4. The molecule has 0 aliphatic heterocycles. The largest absolute Gasteiger partial charge is 0.481 e. The summed E-state index contributed by atoms with van der Waals surface area (Å²) < 4.78 is 27.1. The monoisotopic (exact) mass is 301 g/mol. The van der Waals surface area contributed by atoms with Crippen molar-refractivity contribution in [3.8, 4) is 0 Å². The number of carbonyl (C=O) groups is 2. The second kappa shape index (κ2) is 9.67. The molecule has 0 bridgehead atoms. The van der Waals surface area contributed by atoms with Gasteiger partial charge in [0, 0.05) is 6.04 Å². The summed E-state index contributed by atoms with van der Waals surface area (Å²) in [4.78, 5) is 20.7. The first-order chi connectivity index (χ1) is 8.55. The number of hydrogen-bond donors (Lipinski definition) is 5. The van der Waals surface area contributed by atoms with Gasteiger partial charge >= 0.3 is 11.9 Å². The van der Waals surface area contributed by atoms with Gasteiger partial charge in [0.2, 0.25) is 0 Å². The molecule has 10 heteroatoms. The zero-order valence-corrected chi connectivity index (χ0v) is 11.2. The average molecular weight is 301 g/mol. The summed E-state index contributed by atoms with van der Waals surface area (Å²) in [5.74, 6) is -4.61. The number of nitrogens with two attached hydrogens (primary N) is 1. The molecule has 0 aromatic heterocycles. The van der Waals surface area contributed by atoms with Gasteiger partial charge in [-0.05, 0) is 12.8 Å². The molecule has 1 atom stereocenters. The van der Waals surface area contributed by atoms with E-state index in [9.17, 15) is 18.0 Å². The highest BCUT2D eigenvalue weighted by molar-refractivity contribution is 7.85. The van der Waals surface area contributed by atoms with Gasteiger partial charge in [0.05, 0.1) is 12.4 Å². The van der Waals surface area contributed by atoms with E-state index in [0.717, 1.165) is 0 Å². The van der Waals surface area contributed by atoms with E-state index in [1.54, 1.807) is 6.92 Å². The summed E-state index contributed by atoms with van der Waals surface area (Å²) in [5.41, 5.74) is 5.42. The van der Waals surface area contributed by atoms with Crippen LogP contribution in [-0.2, 0) is 19.7 Å². The van der Waals surface area contributed by atoms with E-state index >= 15 is 0 Å². The van der Waals surface area contributed by atoms with Crippen molar-refractivity contribution in [2.75, 3.05) is 12.4 Å². The minimum Gasteiger partial charge on any atom is -0.481 e. The van der Waals surface area contributed by atoms with Crippen molar-refractivity contribution in [3.63, 3.8) is 0 Å². The molecule has 0 aliphatic rings. The van der Waals surface area contributed by atoms with Gasteiger partial charge in [0.15, 0.2) is 5.92 Å². The normalized spacial score (nSPS) is 12.5. The molecule has 0 rings (SSSR count). The zero-order chi connectivity index (χ0) is 15.6. The van der Waals surface area contributed by atoms with Crippen LogP contribution < -0.4 is 5.73 Å². The molecule has 0 fully saturated rings. The fraction of sp³-hybridized carbons (Fsp3) is 0.778. The Hall–Kier alpha value is -1.23. The topological polar surface area (TPSA) is 175 Å². The van der Waals surface area contributed by atoms with Crippen LogP contribution in [0.15, 0.2) is 0 Å². The first-order valence-corrected chi connectivity index (χ1v) is 6.93. The lowest BCUT2D eigenvalue weighted by Crippen LogP contribution is -2.31. The van der Waals surface area contributed by atoms with Gasteiger partial charge in [-0.2, -0.15) is 8.42 Å². The molecule has 6 N–H and O–H groups in total. The van der Waals surface area contributed by atoms with Crippen molar-refractivity contribution in [2.24, 2.45) is 11.7 Å². The molecule has 9 nitrogen and oxygen atoms in total. The summed E-state index contributed by atoms with van der Waals surface area (Å²) >= 11 is 0. The quantitative estimate of drug-likeness (QED) is 0.284. The Labute approximate surface area is 110 Å². The molecular weight excluding hydrogens is 282 g/mol. The van der Waals surface area contributed by atoms with E-state index in [1.807, 2.05) is 0 Å². The second-order valence-corrected chi connectivity index (χ2v) is 5.21. The summed E-state index contributed by atoms with van der Waals surface area (Å²) in [5, 5.41) is 24.8. The maximum absolute atomic E-state index is 10.4. The summed E-state index contributed by atoms with van der Waals surface area (Å²) in [6, 6.07) is -0.359. The first-order valence-electron chi connectivity index (χ1n) is 5.32. The van der Waals surface area contributed by atoms with Crippen LogP contribution in [-0.4, -0.2) is 58.6 Å². The number of aliphatic carboxylic acids is 2. The van der Waals surface area contributed by atoms with Crippen molar-refractivity contribution in [3.05, 3.63) is 0 Å². The van der Waals surface area contributed by atoms with Crippen molar-refractivity contribution < 1.29 is 37.9 Å². The van der Waals surface area contributed by atoms with Crippen LogP contribution in [0.2, 0.25) is 0 Å². The Kier molecular flexibility index (Phi) is 10.2. The molecule has 0 saturated carbocycles. The predicted octanol–water partition coefficient (Wildman–Crippen LogP) is -1.23. The fourth-order valence-corrected chi connectivity index (χ4v) is 1.12. The van der Waals surface area contributed by atoms with Crippen LogP contribution in [0.5, 0.6) is 0 Å². The molecule has 1 unspecified atom stereocenters. The highest BCUT2D eigenvalue weighted by atomic mass is 32.2. The van der Waals surface area contributed by atoms with Crippen LogP contribution in [0.4, 0.5) is 0 Å².